The van der Waals surface area contributed by atoms with Gasteiger partial charge in [0.25, 0.3) is 0 Å². The van der Waals surface area contributed by atoms with E-state index in [2.05, 4.69) is 0 Å². The minimum atomic E-state index is -0.618. The second-order valence-corrected chi connectivity index (χ2v) is 6.93. The van der Waals surface area contributed by atoms with E-state index < -0.39 is 24.4 Å². The van der Waals surface area contributed by atoms with E-state index in [-0.39, 0.29) is 12.1 Å². The summed E-state index contributed by atoms with van der Waals surface area (Å²) in [6.45, 7) is 2.94. The molecule has 0 spiro atoms. The fourth-order valence-electron chi connectivity index (χ4n) is 3.67. The van der Waals surface area contributed by atoms with E-state index in [4.69, 9.17) is 18.9 Å². The van der Waals surface area contributed by atoms with Crippen LogP contribution in [0.25, 0.3) is 0 Å². The van der Waals surface area contributed by atoms with Gasteiger partial charge in [-0.15, -0.1) is 0 Å². The van der Waals surface area contributed by atoms with Crippen LogP contribution in [0.2, 0.25) is 0 Å². The molecule has 0 unspecified atom stereocenters. The molecule has 6 nitrogen and oxygen atoms in total. The number of hydrogen-bond acceptors (Lipinski definition) is 6. The van der Waals surface area contributed by atoms with Crippen molar-refractivity contribution in [3.8, 4) is 0 Å². The highest BCUT2D eigenvalue weighted by atomic mass is 16.6. The molecule has 144 valence electrons. The second-order valence-electron chi connectivity index (χ2n) is 6.93. The van der Waals surface area contributed by atoms with Gasteiger partial charge >= 0.3 is 5.97 Å². The summed E-state index contributed by atoms with van der Waals surface area (Å²) in [5, 5.41) is 10.5. The van der Waals surface area contributed by atoms with Crippen LogP contribution in [0.4, 0.5) is 0 Å². The summed E-state index contributed by atoms with van der Waals surface area (Å²) >= 11 is 0. The summed E-state index contributed by atoms with van der Waals surface area (Å²) < 4.78 is 23.5. The van der Waals surface area contributed by atoms with Gasteiger partial charge in [0.05, 0.1) is 12.7 Å². The van der Waals surface area contributed by atoms with E-state index in [9.17, 15) is 9.90 Å². The Labute approximate surface area is 154 Å². The minimum absolute atomic E-state index is 0.336. The number of ether oxygens (including phenoxy) is 4. The van der Waals surface area contributed by atoms with Crippen molar-refractivity contribution in [3.63, 3.8) is 0 Å². The average Bonchev–Trinajstić information content (AvgIpc) is 2.65. The van der Waals surface area contributed by atoms with Gasteiger partial charge in [0.15, 0.2) is 0 Å². The predicted molar refractivity (Wildman–Crippen MR) is 94.5 cm³/mol. The molecule has 5 atom stereocenters. The Kier molecular flexibility index (Phi) is 7.02. The van der Waals surface area contributed by atoms with Gasteiger partial charge in [-0.2, -0.15) is 0 Å². The second kappa shape index (κ2) is 9.46. The van der Waals surface area contributed by atoms with Gasteiger partial charge in [-0.25, -0.2) is 0 Å². The number of esters is 1. The Hall–Kier alpha value is -1.47. The highest BCUT2D eigenvalue weighted by Gasteiger charge is 2.44. The van der Waals surface area contributed by atoms with Crippen molar-refractivity contribution >= 4 is 5.97 Å². The van der Waals surface area contributed by atoms with Crippen LogP contribution in [0.1, 0.15) is 38.2 Å². The zero-order valence-corrected chi connectivity index (χ0v) is 15.2. The van der Waals surface area contributed by atoms with E-state index in [0.717, 1.165) is 24.8 Å². The summed E-state index contributed by atoms with van der Waals surface area (Å²) in [7, 11) is 0. The lowest BCUT2D eigenvalue weighted by Crippen LogP contribution is -2.56. The van der Waals surface area contributed by atoms with Crippen molar-refractivity contribution in [2.24, 2.45) is 0 Å². The van der Waals surface area contributed by atoms with Crippen LogP contribution >= 0.6 is 0 Å². The van der Waals surface area contributed by atoms with Crippen molar-refractivity contribution in [1.29, 1.82) is 0 Å². The highest BCUT2D eigenvalue weighted by Crippen LogP contribution is 2.29. The topological polar surface area (TPSA) is 74.2 Å². The number of carbonyl (C=O) groups is 1. The van der Waals surface area contributed by atoms with Crippen molar-refractivity contribution in [2.75, 3.05) is 13.2 Å². The molecule has 26 heavy (non-hydrogen) atoms. The molecule has 0 amide bonds. The maximum absolute atomic E-state index is 11.5. The number of carbonyl (C=O) groups excluding carboxylic acids is 1. The third kappa shape index (κ3) is 5.04. The molecule has 0 saturated carbocycles. The van der Waals surface area contributed by atoms with Crippen molar-refractivity contribution < 1.29 is 28.8 Å². The van der Waals surface area contributed by atoms with Gasteiger partial charge < -0.3 is 24.1 Å². The average molecular weight is 364 g/mol. The van der Waals surface area contributed by atoms with Crippen LogP contribution in [-0.2, 0) is 30.3 Å². The molecule has 2 aliphatic rings. The van der Waals surface area contributed by atoms with Crippen LogP contribution in [-0.4, -0.2) is 54.8 Å². The molecule has 6 heteroatoms. The number of aliphatic hydroxyl groups is 1. The maximum Gasteiger partial charge on any atom is 0.302 e. The van der Waals surface area contributed by atoms with Gasteiger partial charge in [-0.05, 0) is 31.2 Å². The number of aliphatic hydroxyl groups excluding tert-OH is 1. The van der Waals surface area contributed by atoms with E-state index >= 15 is 0 Å². The summed E-state index contributed by atoms with van der Waals surface area (Å²) in [6, 6.07) is 9.84. The van der Waals surface area contributed by atoms with Gasteiger partial charge in [0.2, 0.25) is 0 Å². The lowest BCUT2D eigenvalue weighted by Gasteiger charge is -2.42. The Morgan fingerprint density at radius 3 is 2.54 bits per heavy atom. The summed E-state index contributed by atoms with van der Waals surface area (Å²) in [4.78, 5) is 11.5. The SMILES string of the molecule is CC(=O)O[C@H]1CCCO[C@@H]1[C@@H](OCc1ccccc1)[C@H]1OCCC[C@@H]1O. The summed E-state index contributed by atoms with van der Waals surface area (Å²) in [5.41, 5.74) is 1.03. The van der Waals surface area contributed by atoms with Crippen LogP contribution in [0.5, 0.6) is 0 Å². The molecule has 1 aromatic carbocycles. The van der Waals surface area contributed by atoms with Gasteiger partial charge in [-0.1, -0.05) is 30.3 Å². The Bertz CT molecular complexity index is 563. The number of hydrogen-bond donors (Lipinski definition) is 1. The molecular weight excluding hydrogens is 336 g/mol. The molecule has 0 aliphatic carbocycles. The van der Waals surface area contributed by atoms with Crippen LogP contribution in [0.15, 0.2) is 30.3 Å². The Morgan fingerprint density at radius 2 is 1.85 bits per heavy atom. The predicted octanol–water partition coefficient (Wildman–Crippen LogP) is 2.22. The van der Waals surface area contributed by atoms with E-state index in [1.807, 2.05) is 30.3 Å². The van der Waals surface area contributed by atoms with Crippen LogP contribution in [0, 0.1) is 0 Å². The van der Waals surface area contributed by atoms with E-state index in [0.29, 0.717) is 26.2 Å². The van der Waals surface area contributed by atoms with Gasteiger partial charge in [0, 0.05) is 20.1 Å². The fourth-order valence-corrected chi connectivity index (χ4v) is 3.67. The molecular formula is C20H28O6. The minimum Gasteiger partial charge on any atom is -0.460 e. The maximum atomic E-state index is 11.5. The lowest BCUT2D eigenvalue weighted by molar-refractivity contribution is -0.220. The zero-order valence-electron chi connectivity index (χ0n) is 15.2. The third-order valence-corrected chi connectivity index (χ3v) is 4.89. The van der Waals surface area contributed by atoms with Crippen LogP contribution in [0.3, 0.4) is 0 Å². The largest absolute Gasteiger partial charge is 0.460 e. The summed E-state index contributed by atoms with van der Waals surface area (Å²) in [6.07, 6.45) is 0.584. The lowest BCUT2D eigenvalue weighted by atomic mass is 9.91. The quantitative estimate of drug-likeness (QED) is 0.780. The Balaban J connectivity index is 1.77. The molecule has 2 saturated heterocycles. The summed E-state index contributed by atoms with van der Waals surface area (Å²) in [5.74, 6) is -0.336. The molecule has 3 rings (SSSR count). The first-order chi connectivity index (χ1) is 12.6. The molecule has 1 aromatic rings. The van der Waals surface area contributed by atoms with Crippen LogP contribution < -0.4 is 0 Å². The molecule has 0 radical (unpaired) electrons. The molecule has 1 N–H and O–H groups in total. The van der Waals surface area contributed by atoms with Crippen molar-refractivity contribution in [3.05, 3.63) is 35.9 Å². The van der Waals surface area contributed by atoms with Gasteiger partial charge in [-0.3, -0.25) is 4.79 Å². The first kappa shape index (κ1) is 19.3. The molecule has 2 heterocycles. The zero-order chi connectivity index (χ0) is 18.4. The number of rotatable bonds is 6. The first-order valence-electron chi connectivity index (χ1n) is 9.39. The Morgan fingerprint density at radius 1 is 1.15 bits per heavy atom. The molecule has 2 aliphatic heterocycles. The van der Waals surface area contributed by atoms with Gasteiger partial charge in [0.1, 0.15) is 24.4 Å². The van der Waals surface area contributed by atoms with Crippen molar-refractivity contribution in [2.45, 2.75) is 69.7 Å². The molecule has 0 aromatic heterocycles. The van der Waals surface area contributed by atoms with Crippen molar-refractivity contribution in [1.82, 2.24) is 0 Å². The van der Waals surface area contributed by atoms with E-state index in [1.165, 1.54) is 6.92 Å². The standard InChI is InChI=1S/C20H28O6/c1-14(21)26-17-10-6-12-24-19(17)20(18-16(22)9-5-11-23-18)25-13-15-7-3-2-4-8-15/h2-4,7-8,16-20,22H,5-6,9-13H2,1H3/t16-,17-,18-,19-,20-/m0/s1. The monoisotopic (exact) mass is 364 g/mol. The highest BCUT2D eigenvalue weighted by molar-refractivity contribution is 5.66. The normalized spacial score (nSPS) is 30.5. The molecule has 2 fully saturated rings. The number of benzene rings is 1. The van der Waals surface area contributed by atoms with E-state index in [1.54, 1.807) is 0 Å². The smallest absolute Gasteiger partial charge is 0.302 e. The third-order valence-electron chi connectivity index (χ3n) is 4.89. The molecule has 0 bridgehead atoms. The fraction of sp³-hybridized carbons (Fsp3) is 0.650. The first-order valence-corrected chi connectivity index (χ1v) is 9.39.